The van der Waals surface area contributed by atoms with Gasteiger partial charge in [-0.15, -0.1) is 11.8 Å². The van der Waals surface area contributed by atoms with Gasteiger partial charge < -0.3 is 19.5 Å². The van der Waals surface area contributed by atoms with Gasteiger partial charge in [0.2, 0.25) is 5.91 Å². The van der Waals surface area contributed by atoms with Crippen molar-refractivity contribution in [3.63, 3.8) is 0 Å². The number of carboxylic acid groups (broad SMARTS) is 1. The van der Waals surface area contributed by atoms with E-state index in [1.165, 1.54) is 0 Å². The molecule has 0 radical (unpaired) electrons. The monoisotopic (exact) mass is 313 g/mol. The molecule has 0 aromatic heterocycles. The van der Waals surface area contributed by atoms with Crippen LogP contribution < -0.4 is 9.47 Å². The molecule has 0 unspecified atom stereocenters. The Bertz CT molecular complexity index is 506. The summed E-state index contributed by atoms with van der Waals surface area (Å²) in [7, 11) is 4.80. The number of carboxylic acids is 1. The largest absolute Gasteiger partial charge is 0.493 e. The number of nitrogens with zero attached hydrogens (tertiary/aromatic N) is 1. The first-order chi connectivity index (χ1) is 9.97. The SMILES string of the molecule is COc1ccc(CN(C)C(=O)CSCC(=O)O)cc1OC. The maximum absolute atomic E-state index is 11.9. The zero-order chi connectivity index (χ0) is 15.8. The molecule has 0 fully saturated rings. The van der Waals surface area contributed by atoms with Crippen LogP contribution in [-0.2, 0) is 16.1 Å². The molecule has 1 aromatic carbocycles. The zero-order valence-electron chi connectivity index (χ0n) is 12.3. The summed E-state index contributed by atoms with van der Waals surface area (Å²) in [6, 6.07) is 5.45. The lowest BCUT2D eigenvalue weighted by atomic mass is 10.2. The average Bonchev–Trinajstić information content (AvgIpc) is 2.46. The molecule has 0 bridgehead atoms. The molecule has 0 saturated heterocycles. The summed E-state index contributed by atoms with van der Waals surface area (Å²) in [5.41, 5.74) is 0.909. The molecular formula is C14H19NO5S. The first-order valence-electron chi connectivity index (χ1n) is 6.22. The normalized spacial score (nSPS) is 10.0. The number of aliphatic carboxylic acids is 1. The zero-order valence-corrected chi connectivity index (χ0v) is 13.1. The van der Waals surface area contributed by atoms with Crippen LogP contribution in [0.4, 0.5) is 0 Å². The van der Waals surface area contributed by atoms with E-state index in [0.29, 0.717) is 18.0 Å². The number of hydrogen-bond acceptors (Lipinski definition) is 5. The van der Waals surface area contributed by atoms with Gasteiger partial charge in [0, 0.05) is 13.6 Å². The van der Waals surface area contributed by atoms with Crippen LogP contribution in [0.15, 0.2) is 18.2 Å². The summed E-state index contributed by atoms with van der Waals surface area (Å²) in [5.74, 6) is 0.279. The highest BCUT2D eigenvalue weighted by Gasteiger charge is 2.12. The third-order valence-electron chi connectivity index (χ3n) is 2.74. The van der Waals surface area contributed by atoms with Crippen LogP contribution in [0.1, 0.15) is 5.56 Å². The van der Waals surface area contributed by atoms with Crippen LogP contribution in [0, 0.1) is 0 Å². The van der Waals surface area contributed by atoms with E-state index < -0.39 is 5.97 Å². The van der Waals surface area contributed by atoms with E-state index in [9.17, 15) is 9.59 Å². The molecule has 1 N–H and O–H groups in total. The smallest absolute Gasteiger partial charge is 0.313 e. The van der Waals surface area contributed by atoms with Crippen LogP contribution in [0.3, 0.4) is 0 Å². The fourth-order valence-corrected chi connectivity index (χ4v) is 2.35. The van der Waals surface area contributed by atoms with E-state index in [0.717, 1.165) is 17.3 Å². The maximum atomic E-state index is 11.9. The quantitative estimate of drug-likeness (QED) is 0.783. The molecule has 0 heterocycles. The van der Waals surface area contributed by atoms with Gasteiger partial charge in [0.25, 0.3) is 0 Å². The number of hydrogen-bond donors (Lipinski definition) is 1. The topological polar surface area (TPSA) is 76.1 Å². The Hall–Kier alpha value is -1.89. The van der Waals surface area contributed by atoms with Crippen molar-refractivity contribution < 1.29 is 24.2 Å². The lowest BCUT2D eigenvalue weighted by Crippen LogP contribution is -2.28. The Morgan fingerprint density at radius 1 is 1.19 bits per heavy atom. The third kappa shape index (κ3) is 5.55. The van der Waals surface area contributed by atoms with Gasteiger partial charge in [0.05, 0.1) is 25.7 Å². The second kappa shape index (κ2) is 8.41. The van der Waals surface area contributed by atoms with E-state index in [1.807, 2.05) is 12.1 Å². The highest BCUT2D eigenvalue weighted by Crippen LogP contribution is 2.27. The molecule has 7 heteroatoms. The molecule has 0 aliphatic carbocycles. The Morgan fingerprint density at radius 3 is 2.43 bits per heavy atom. The number of ether oxygens (including phenoxy) is 2. The van der Waals surface area contributed by atoms with E-state index in [-0.39, 0.29) is 17.4 Å². The fraction of sp³-hybridized carbons (Fsp3) is 0.429. The molecule has 21 heavy (non-hydrogen) atoms. The first kappa shape index (κ1) is 17.2. The molecule has 6 nitrogen and oxygen atoms in total. The van der Waals surface area contributed by atoms with E-state index in [2.05, 4.69) is 0 Å². The average molecular weight is 313 g/mol. The Balaban J connectivity index is 2.59. The molecular weight excluding hydrogens is 294 g/mol. The van der Waals surface area contributed by atoms with Gasteiger partial charge >= 0.3 is 5.97 Å². The highest BCUT2D eigenvalue weighted by atomic mass is 32.2. The molecule has 0 spiro atoms. The van der Waals surface area contributed by atoms with Crippen molar-refractivity contribution in [1.29, 1.82) is 0 Å². The third-order valence-corrected chi connectivity index (χ3v) is 3.65. The number of methoxy groups -OCH3 is 2. The van der Waals surface area contributed by atoms with Gasteiger partial charge in [-0.2, -0.15) is 0 Å². The predicted octanol–water partition coefficient (Wildman–Crippen LogP) is 1.48. The predicted molar refractivity (Wildman–Crippen MR) is 81.0 cm³/mol. The molecule has 1 amide bonds. The minimum Gasteiger partial charge on any atom is -0.493 e. The van der Waals surface area contributed by atoms with Crippen LogP contribution in [0.5, 0.6) is 11.5 Å². The standard InChI is InChI=1S/C14H19NO5S/c1-15(13(16)8-21-9-14(17)18)7-10-4-5-11(19-2)12(6-10)20-3/h4-6H,7-9H2,1-3H3,(H,17,18). The van der Waals surface area contributed by atoms with Crippen molar-refractivity contribution in [2.24, 2.45) is 0 Å². The summed E-state index contributed by atoms with van der Waals surface area (Å²) in [4.78, 5) is 23.8. The van der Waals surface area contributed by atoms with Crippen molar-refractivity contribution in [3.05, 3.63) is 23.8 Å². The molecule has 116 valence electrons. The molecule has 0 aliphatic rings. The van der Waals surface area contributed by atoms with Gasteiger partial charge in [-0.1, -0.05) is 6.07 Å². The van der Waals surface area contributed by atoms with Gasteiger partial charge in [-0.05, 0) is 17.7 Å². The van der Waals surface area contributed by atoms with Crippen LogP contribution in [-0.4, -0.2) is 54.7 Å². The summed E-state index contributed by atoms with van der Waals surface area (Å²) >= 11 is 1.09. The van der Waals surface area contributed by atoms with E-state index in [1.54, 1.807) is 32.2 Å². The van der Waals surface area contributed by atoms with Crippen molar-refractivity contribution in [2.75, 3.05) is 32.8 Å². The lowest BCUT2D eigenvalue weighted by molar-refractivity contribution is -0.133. The lowest BCUT2D eigenvalue weighted by Gasteiger charge is -2.18. The molecule has 1 aromatic rings. The number of amides is 1. The number of carbonyl (C=O) groups is 2. The Labute approximate surface area is 128 Å². The fourth-order valence-electron chi connectivity index (χ4n) is 1.68. The number of thioether (sulfide) groups is 1. The van der Waals surface area contributed by atoms with Crippen LogP contribution in [0.2, 0.25) is 0 Å². The summed E-state index contributed by atoms with van der Waals surface area (Å²) in [6.45, 7) is 0.423. The Morgan fingerprint density at radius 2 is 1.86 bits per heavy atom. The van der Waals surface area contributed by atoms with Gasteiger partial charge in [-0.3, -0.25) is 9.59 Å². The summed E-state index contributed by atoms with van der Waals surface area (Å²) < 4.78 is 10.4. The number of carbonyl (C=O) groups excluding carboxylic acids is 1. The summed E-state index contributed by atoms with van der Waals surface area (Å²) in [6.07, 6.45) is 0. The minimum atomic E-state index is -0.921. The van der Waals surface area contributed by atoms with Crippen LogP contribution >= 0.6 is 11.8 Å². The second-order valence-corrected chi connectivity index (χ2v) is 5.31. The number of benzene rings is 1. The second-order valence-electron chi connectivity index (χ2n) is 4.33. The van der Waals surface area contributed by atoms with Crippen LogP contribution in [0.25, 0.3) is 0 Å². The molecule has 1 rings (SSSR count). The minimum absolute atomic E-state index is 0.0735. The first-order valence-corrected chi connectivity index (χ1v) is 7.37. The molecule has 0 atom stereocenters. The molecule has 0 aliphatic heterocycles. The maximum Gasteiger partial charge on any atom is 0.313 e. The van der Waals surface area contributed by atoms with Gasteiger partial charge in [0.15, 0.2) is 11.5 Å². The van der Waals surface area contributed by atoms with Crippen molar-refractivity contribution in [3.8, 4) is 11.5 Å². The van der Waals surface area contributed by atoms with E-state index in [4.69, 9.17) is 14.6 Å². The number of rotatable bonds is 8. The van der Waals surface area contributed by atoms with Crippen molar-refractivity contribution in [1.82, 2.24) is 4.90 Å². The Kier molecular flexibility index (Phi) is 6.87. The van der Waals surface area contributed by atoms with Crippen molar-refractivity contribution >= 4 is 23.6 Å². The van der Waals surface area contributed by atoms with Gasteiger partial charge in [0.1, 0.15) is 0 Å². The highest BCUT2D eigenvalue weighted by molar-refractivity contribution is 8.00. The van der Waals surface area contributed by atoms with Crippen molar-refractivity contribution in [2.45, 2.75) is 6.54 Å². The molecule has 0 saturated carbocycles. The summed E-state index contributed by atoms with van der Waals surface area (Å²) in [5, 5.41) is 8.54. The van der Waals surface area contributed by atoms with Gasteiger partial charge in [-0.25, -0.2) is 0 Å². The van der Waals surface area contributed by atoms with E-state index >= 15 is 0 Å².